The highest BCUT2D eigenvalue weighted by Gasteiger charge is 2.14. The molecule has 1 atom stereocenters. The molecule has 0 saturated carbocycles. The lowest BCUT2D eigenvalue weighted by molar-refractivity contribution is 0.0595. The van der Waals surface area contributed by atoms with E-state index in [1.165, 1.54) is 18.9 Å². The molecule has 6 heteroatoms. The number of carbonyl (C=O) groups is 1. The fourth-order valence-corrected chi connectivity index (χ4v) is 1.90. The predicted octanol–water partition coefficient (Wildman–Crippen LogP) is 0.313. The summed E-state index contributed by atoms with van der Waals surface area (Å²) in [5, 5.41) is 18.3. The molecule has 0 saturated heterocycles. The molecule has 5 nitrogen and oxygen atoms in total. The van der Waals surface area contributed by atoms with Gasteiger partial charge in [0.25, 0.3) is 0 Å². The van der Waals surface area contributed by atoms with Crippen LogP contribution in [-0.2, 0) is 4.74 Å². The van der Waals surface area contributed by atoms with Gasteiger partial charge in [-0.15, -0.1) is 11.8 Å². The van der Waals surface area contributed by atoms with Crippen LogP contribution in [0, 0.1) is 0 Å². The number of esters is 1. The van der Waals surface area contributed by atoms with Crippen molar-refractivity contribution in [3.05, 3.63) is 23.9 Å². The van der Waals surface area contributed by atoms with Crippen LogP contribution >= 0.6 is 11.8 Å². The summed E-state index contributed by atoms with van der Waals surface area (Å²) in [7, 11) is 1.30. The lowest BCUT2D eigenvalue weighted by atomic mass is 10.3. The fraction of sp³-hybridized carbons (Fsp3) is 0.400. The van der Waals surface area contributed by atoms with E-state index in [4.69, 9.17) is 5.11 Å². The zero-order chi connectivity index (χ0) is 12.0. The first kappa shape index (κ1) is 13.0. The quantitative estimate of drug-likeness (QED) is 0.572. The highest BCUT2D eigenvalue weighted by Crippen LogP contribution is 2.21. The molecule has 0 bridgehead atoms. The molecule has 2 N–H and O–H groups in total. The molecule has 1 unspecified atom stereocenters. The van der Waals surface area contributed by atoms with Crippen LogP contribution in [0.2, 0.25) is 0 Å². The molecule has 0 radical (unpaired) electrons. The van der Waals surface area contributed by atoms with Gasteiger partial charge in [-0.05, 0) is 12.1 Å². The molecule has 1 rings (SSSR count). The van der Waals surface area contributed by atoms with E-state index in [2.05, 4.69) is 9.72 Å². The fourth-order valence-electron chi connectivity index (χ4n) is 0.999. The summed E-state index contributed by atoms with van der Waals surface area (Å²) in [5.74, 6) is -0.189. The monoisotopic (exact) mass is 243 g/mol. The summed E-state index contributed by atoms with van der Waals surface area (Å²) in [6.07, 6.45) is 0.734. The van der Waals surface area contributed by atoms with E-state index in [1.807, 2.05) is 0 Å². The lowest BCUT2D eigenvalue weighted by Gasteiger charge is -2.08. The van der Waals surface area contributed by atoms with Crippen molar-refractivity contribution in [3.8, 4) is 0 Å². The zero-order valence-corrected chi connectivity index (χ0v) is 9.61. The molecule has 1 aromatic heterocycles. The predicted molar refractivity (Wildman–Crippen MR) is 59.4 cm³/mol. The zero-order valence-electron chi connectivity index (χ0n) is 8.79. The number of hydrogen-bond acceptors (Lipinski definition) is 6. The Hall–Kier alpha value is -1.11. The molecule has 0 fully saturated rings. The molecule has 88 valence electrons. The first-order valence-electron chi connectivity index (χ1n) is 4.64. The van der Waals surface area contributed by atoms with E-state index in [-0.39, 0.29) is 12.4 Å². The normalized spacial score (nSPS) is 12.2. The van der Waals surface area contributed by atoms with Crippen molar-refractivity contribution in [1.82, 2.24) is 4.98 Å². The van der Waals surface area contributed by atoms with Crippen LogP contribution in [0.15, 0.2) is 23.4 Å². The number of ether oxygens (including phenoxy) is 1. The van der Waals surface area contributed by atoms with Crippen molar-refractivity contribution in [2.45, 2.75) is 11.1 Å². The van der Waals surface area contributed by atoms with Crippen LogP contribution in [0.4, 0.5) is 0 Å². The van der Waals surface area contributed by atoms with E-state index < -0.39 is 12.1 Å². The van der Waals surface area contributed by atoms with Crippen LogP contribution in [-0.4, -0.2) is 46.7 Å². The molecular formula is C10H13NO4S. The lowest BCUT2D eigenvalue weighted by Crippen LogP contribution is -2.15. The van der Waals surface area contributed by atoms with Gasteiger partial charge >= 0.3 is 5.97 Å². The first-order chi connectivity index (χ1) is 7.69. The summed E-state index contributed by atoms with van der Waals surface area (Å²) in [6, 6.07) is 3.24. The molecule has 0 amide bonds. The average molecular weight is 243 g/mol. The summed E-state index contributed by atoms with van der Waals surface area (Å²) < 4.78 is 4.61. The van der Waals surface area contributed by atoms with E-state index >= 15 is 0 Å². The summed E-state index contributed by atoms with van der Waals surface area (Å²) >= 11 is 1.20. The number of methoxy groups -OCH3 is 1. The van der Waals surface area contributed by atoms with E-state index in [1.54, 1.807) is 18.3 Å². The van der Waals surface area contributed by atoms with Gasteiger partial charge in [0.1, 0.15) is 5.03 Å². The van der Waals surface area contributed by atoms with Gasteiger partial charge in [-0.3, -0.25) is 0 Å². The van der Waals surface area contributed by atoms with Gasteiger partial charge in [0.2, 0.25) is 0 Å². The Kier molecular flexibility index (Phi) is 5.24. The maximum atomic E-state index is 11.4. The van der Waals surface area contributed by atoms with E-state index in [0.717, 1.165) is 0 Å². The van der Waals surface area contributed by atoms with Crippen molar-refractivity contribution in [3.63, 3.8) is 0 Å². The van der Waals surface area contributed by atoms with Crippen molar-refractivity contribution in [2.24, 2.45) is 0 Å². The third-order valence-electron chi connectivity index (χ3n) is 1.80. The van der Waals surface area contributed by atoms with Crippen molar-refractivity contribution >= 4 is 17.7 Å². The Morgan fingerprint density at radius 2 is 2.44 bits per heavy atom. The third-order valence-corrected chi connectivity index (χ3v) is 2.95. The maximum Gasteiger partial charge on any atom is 0.340 e. The minimum Gasteiger partial charge on any atom is -0.465 e. The number of hydrogen-bond donors (Lipinski definition) is 2. The van der Waals surface area contributed by atoms with Crippen molar-refractivity contribution in [1.29, 1.82) is 0 Å². The Morgan fingerprint density at radius 3 is 3.06 bits per heavy atom. The summed E-state index contributed by atoms with van der Waals surface area (Å²) in [6.45, 7) is -0.312. The minimum atomic E-state index is -0.822. The maximum absolute atomic E-state index is 11.4. The highest BCUT2D eigenvalue weighted by atomic mass is 32.2. The van der Waals surface area contributed by atoms with Gasteiger partial charge in [0, 0.05) is 11.9 Å². The molecule has 0 spiro atoms. The Morgan fingerprint density at radius 1 is 1.69 bits per heavy atom. The van der Waals surface area contributed by atoms with E-state index in [0.29, 0.717) is 10.6 Å². The van der Waals surface area contributed by atoms with Gasteiger partial charge in [-0.2, -0.15) is 0 Å². The third kappa shape index (κ3) is 3.48. The number of rotatable bonds is 5. The van der Waals surface area contributed by atoms with Gasteiger partial charge in [0.15, 0.2) is 0 Å². The number of nitrogens with zero attached hydrogens (tertiary/aromatic N) is 1. The van der Waals surface area contributed by atoms with Crippen molar-refractivity contribution < 1.29 is 19.7 Å². The Balaban J connectivity index is 2.75. The number of aromatic nitrogens is 1. The average Bonchev–Trinajstić information content (AvgIpc) is 2.35. The molecule has 1 heterocycles. The van der Waals surface area contributed by atoms with Crippen LogP contribution in [0.3, 0.4) is 0 Å². The van der Waals surface area contributed by atoms with Crippen LogP contribution in [0.1, 0.15) is 10.4 Å². The minimum absolute atomic E-state index is 0.275. The SMILES string of the molecule is COC(=O)c1cccnc1SCC(O)CO. The van der Waals surface area contributed by atoms with Crippen molar-refractivity contribution in [2.75, 3.05) is 19.5 Å². The number of thioether (sulfide) groups is 1. The second-order valence-electron chi connectivity index (χ2n) is 3.00. The van der Waals surface area contributed by atoms with Crippen LogP contribution in [0.5, 0.6) is 0 Å². The molecule has 1 aromatic rings. The first-order valence-corrected chi connectivity index (χ1v) is 5.62. The number of aliphatic hydroxyl groups excluding tert-OH is 2. The number of pyridine rings is 1. The second kappa shape index (κ2) is 6.47. The molecule has 16 heavy (non-hydrogen) atoms. The topological polar surface area (TPSA) is 79.7 Å². The second-order valence-corrected chi connectivity index (χ2v) is 4.00. The van der Waals surface area contributed by atoms with E-state index in [9.17, 15) is 9.90 Å². The summed E-state index contributed by atoms with van der Waals surface area (Å²) in [4.78, 5) is 15.4. The molecule has 0 aliphatic carbocycles. The summed E-state index contributed by atoms with van der Waals surface area (Å²) in [5.41, 5.74) is 0.361. The molecular weight excluding hydrogens is 230 g/mol. The molecule has 0 aliphatic rings. The van der Waals surface area contributed by atoms with Gasteiger partial charge < -0.3 is 14.9 Å². The number of carbonyl (C=O) groups excluding carboxylic acids is 1. The molecule has 0 aromatic carbocycles. The standard InChI is InChI=1S/C10H13NO4S/c1-15-10(14)8-3-2-4-11-9(8)16-6-7(13)5-12/h2-4,7,12-13H,5-6H2,1H3. The van der Waals surface area contributed by atoms with Crippen LogP contribution < -0.4 is 0 Å². The van der Waals surface area contributed by atoms with Crippen LogP contribution in [0.25, 0.3) is 0 Å². The Labute approximate surface area is 97.5 Å². The van der Waals surface area contributed by atoms with Gasteiger partial charge in [-0.1, -0.05) is 0 Å². The Bertz CT molecular complexity index is 358. The largest absolute Gasteiger partial charge is 0.465 e. The highest BCUT2D eigenvalue weighted by molar-refractivity contribution is 7.99. The number of aliphatic hydroxyl groups is 2. The van der Waals surface area contributed by atoms with Gasteiger partial charge in [-0.25, -0.2) is 9.78 Å². The van der Waals surface area contributed by atoms with Gasteiger partial charge in [0.05, 0.1) is 25.4 Å². The molecule has 0 aliphatic heterocycles. The smallest absolute Gasteiger partial charge is 0.340 e.